The van der Waals surface area contributed by atoms with Crippen LogP contribution in [0, 0.1) is 17.0 Å². The van der Waals surface area contributed by atoms with Crippen molar-refractivity contribution < 1.29 is 19.2 Å². The molecule has 0 aromatic heterocycles. The molecule has 1 fully saturated rings. The number of ether oxygens (including phenoxy) is 2. The third-order valence-corrected chi connectivity index (χ3v) is 7.07. The number of hydrogen-bond donors (Lipinski definition) is 0. The zero-order valence-electron chi connectivity index (χ0n) is 19.4. The first kappa shape index (κ1) is 25.7. The molecule has 0 unspecified atom stereocenters. The van der Waals surface area contributed by atoms with E-state index in [1.807, 2.05) is 31.2 Å². The molecule has 0 spiro atoms. The maximum absolute atomic E-state index is 13.0. The first-order valence-electron chi connectivity index (χ1n) is 10.8. The molecule has 1 saturated heterocycles. The van der Waals surface area contributed by atoms with Gasteiger partial charge in [-0.3, -0.25) is 19.8 Å². The lowest BCUT2D eigenvalue weighted by atomic mass is 10.1. The van der Waals surface area contributed by atoms with Crippen LogP contribution in [-0.2, 0) is 17.9 Å². The molecule has 0 radical (unpaired) electrons. The Bertz CT molecular complexity index is 1360. The molecule has 10 heteroatoms. The highest BCUT2D eigenvalue weighted by molar-refractivity contribution is 8.26. The van der Waals surface area contributed by atoms with E-state index in [1.165, 1.54) is 31.0 Å². The fourth-order valence-electron chi connectivity index (χ4n) is 3.50. The molecule has 1 heterocycles. The number of nitro groups is 1. The van der Waals surface area contributed by atoms with Gasteiger partial charge in [-0.05, 0) is 54.0 Å². The molecule has 184 valence electrons. The minimum atomic E-state index is -0.459. The zero-order chi connectivity index (χ0) is 25.8. The fraction of sp³-hybridized carbons (Fsp3) is 0.154. The van der Waals surface area contributed by atoms with Gasteiger partial charge in [0.05, 0.1) is 28.5 Å². The summed E-state index contributed by atoms with van der Waals surface area (Å²) in [6.45, 7) is 2.56. The van der Waals surface area contributed by atoms with Gasteiger partial charge in [0.2, 0.25) is 0 Å². The number of carbonyl (C=O) groups excluding carboxylic acids is 1. The summed E-state index contributed by atoms with van der Waals surface area (Å²) in [5, 5.41) is 11.1. The number of hydrogen-bond acceptors (Lipinski definition) is 7. The molecule has 0 aliphatic carbocycles. The van der Waals surface area contributed by atoms with Gasteiger partial charge < -0.3 is 9.47 Å². The molecule has 1 aliphatic heterocycles. The highest BCUT2D eigenvalue weighted by atomic mass is 35.5. The summed E-state index contributed by atoms with van der Waals surface area (Å²) >= 11 is 13.2. The van der Waals surface area contributed by atoms with Gasteiger partial charge in [0.15, 0.2) is 11.5 Å². The molecular formula is C26H21ClN2O5S2. The number of non-ortho nitro benzene ring substituents is 1. The Kier molecular flexibility index (Phi) is 7.93. The van der Waals surface area contributed by atoms with Crippen LogP contribution in [0.5, 0.6) is 11.5 Å². The van der Waals surface area contributed by atoms with Gasteiger partial charge in [0.1, 0.15) is 10.9 Å². The minimum absolute atomic E-state index is 0.00277. The van der Waals surface area contributed by atoms with Crippen LogP contribution in [0.25, 0.3) is 6.08 Å². The van der Waals surface area contributed by atoms with Gasteiger partial charge >= 0.3 is 0 Å². The number of amides is 1. The van der Waals surface area contributed by atoms with E-state index in [-0.39, 0.29) is 18.2 Å². The van der Waals surface area contributed by atoms with Gasteiger partial charge in [0.25, 0.3) is 11.6 Å². The molecule has 0 saturated carbocycles. The van der Waals surface area contributed by atoms with Crippen molar-refractivity contribution in [3.8, 4) is 11.5 Å². The number of thiocarbonyl (C=S) groups is 1. The maximum Gasteiger partial charge on any atom is 0.269 e. The predicted octanol–water partition coefficient (Wildman–Crippen LogP) is 6.55. The zero-order valence-corrected chi connectivity index (χ0v) is 21.8. The standard InChI is InChI=1S/C26H21ClN2O5S2/c1-16-3-5-17(6-4-16)14-28-25(30)23(36-26(28)35)13-19-11-21(27)24(22(12-19)33-2)34-15-18-7-9-20(10-8-18)29(31)32/h3-13H,14-15H2,1-2H3/b23-13-. The fourth-order valence-corrected chi connectivity index (χ4v) is 5.03. The summed E-state index contributed by atoms with van der Waals surface area (Å²) in [5.41, 5.74) is 3.55. The van der Waals surface area contributed by atoms with E-state index in [2.05, 4.69) is 0 Å². The Labute approximate surface area is 222 Å². The summed E-state index contributed by atoms with van der Waals surface area (Å²) in [6.07, 6.45) is 1.73. The normalized spacial score (nSPS) is 14.4. The maximum atomic E-state index is 13.0. The van der Waals surface area contributed by atoms with E-state index in [4.69, 9.17) is 33.3 Å². The van der Waals surface area contributed by atoms with Crippen LogP contribution in [-0.4, -0.2) is 27.2 Å². The van der Waals surface area contributed by atoms with Gasteiger partial charge in [-0.2, -0.15) is 0 Å². The van der Waals surface area contributed by atoms with Crippen LogP contribution in [0.1, 0.15) is 22.3 Å². The Morgan fingerprint density at radius 1 is 1.11 bits per heavy atom. The van der Waals surface area contributed by atoms with Gasteiger partial charge in [0, 0.05) is 12.1 Å². The SMILES string of the molecule is COc1cc(/C=C2\SC(=S)N(Cc3ccc(C)cc3)C2=O)cc(Cl)c1OCc1ccc([N+](=O)[O-])cc1. The second-order valence-electron chi connectivity index (χ2n) is 8.00. The largest absolute Gasteiger partial charge is 0.493 e. The third-order valence-electron chi connectivity index (χ3n) is 5.41. The molecule has 4 rings (SSSR count). The lowest BCUT2D eigenvalue weighted by Gasteiger charge is -2.15. The second-order valence-corrected chi connectivity index (χ2v) is 10.1. The van der Waals surface area contributed by atoms with Crippen LogP contribution in [0.4, 0.5) is 5.69 Å². The van der Waals surface area contributed by atoms with Crippen molar-refractivity contribution in [3.05, 3.63) is 103 Å². The summed E-state index contributed by atoms with van der Waals surface area (Å²) in [7, 11) is 1.50. The van der Waals surface area contributed by atoms with E-state index in [9.17, 15) is 14.9 Å². The molecule has 1 aliphatic rings. The van der Waals surface area contributed by atoms with Gasteiger partial charge in [-0.25, -0.2) is 0 Å². The number of benzene rings is 3. The Balaban J connectivity index is 1.50. The third kappa shape index (κ3) is 5.87. The van der Waals surface area contributed by atoms with E-state index in [1.54, 1.807) is 35.2 Å². The summed E-state index contributed by atoms with van der Waals surface area (Å²) in [6, 6.07) is 17.4. The molecule has 36 heavy (non-hydrogen) atoms. The van der Waals surface area contributed by atoms with Crippen molar-refractivity contribution >= 4 is 57.6 Å². The average molecular weight is 541 g/mol. The quantitative estimate of drug-likeness (QED) is 0.139. The molecular weight excluding hydrogens is 520 g/mol. The van der Waals surface area contributed by atoms with Crippen molar-refractivity contribution in [1.82, 2.24) is 4.90 Å². The van der Waals surface area contributed by atoms with Crippen molar-refractivity contribution in [2.24, 2.45) is 0 Å². The molecule has 7 nitrogen and oxygen atoms in total. The van der Waals surface area contributed by atoms with E-state index in [0.717, 1.165) is 16.7 Å². The van der Waals surface area contributed by atoms with Crippen LogP contribution >= 0.6 is 35.6 Å². The molecule has 3 aromatic carbocycles. The summed E-state index contributed by atoms with van der Waals surface area (Å²) in [4.78, 5) is 25.5. The lowest BCUT2D eigenvalue weighted by molar-refractivity contribution is -0.384. The molecule has 3 aromatic rings. The number of carbonyl (C=O) groups is 1. The predicted molar refractivity (Wildman–Crippen MR) is 145 cm³/mol. The molecule has 0 bridgehead atoms. The van der Waals surface area contributed by atoms with Crippen molar-refractivity contribution in [1.29, 1.82) is 0 Å². The second kappa shape index (κ2) is 11.1. The summed E-state index contributed by atoms with van der Waals surface area (Å²) < 4.78 is 11.8. The number of halogens is 1. The molecule has 1 amide bonds. The van der Waals surface area contributed by atoms with E-state index in [0.29, 0.717) is 37.9 Å². The van der Waals surface area contributed by atoms with Crippen molar-refractivity contribution in [2.45, 2.75) is 20.1 Å². The first-order chi connectivity index (χ1) is 17.2. The van der Waals surface area contributed by atoms with E-state index >= 15 is 0 Å². The minimum Gasteiger partial charge on any atom is -0.493 e. The average Bonchev–Trinajstić information content (AvgIpc) is 3.11. The van der Waals surface area contributed by atoms with Crippen LogP contribution in [0.3, 0.4) is 0 Å². The number of methoxy groups -OCH3 is 1. The van der Waals surface area contributed by atoms with Crippen LogP contribution in [0.15, 0.2) is 65.6 Å². The first-order valence-corrected chi connectivity index (χ1v) is 12.4. The number of nitrogens with zero attached hydrogens (tertiary/aromatic N) is 2. The van der Waals surface area contributed by atoms with E-state index < -0.39 is 4.92 Å². The monoisotopic (exact) mass is 540 g/mol. The van der Waals surface area contributed by atoms with Crippen LogP contribution in [0.2, 0.25) is 5.02 Å². The highest BCUT2D eigenvalue weighted by Gasteiger charge is 2.32. The number of rotatable bonds is 8. The number of thioether (sulfide) groups is 1. The Morgan fingerprint density at radius 2 is 1.78 bits per heavy atom. The van der Waals surface area contributed by atoms with Gasteiger partial charge in [-0.15, -0.1) is 0 Å². The molecule has 0 N–H and O–H groups in total. The highest BCUT2D eigenvalue weighted by Crippen LogP contribution is 2.39. The number of aryl methyl sites for hydroxylation is 1. The van der Waals surface area contributed by atoms with Crippen molar-refractivity contribution in [3.63, 3.8) is 0 Å². The molecule has 0 atom stereocenters. The topological polar surface area (TPSA) is 81.9 Å². The lowest BCUT2D eigenvalue weighted by Crippen LogP contribution is -2.27. The smallest absolute Gasteiger partial charge is 0.269 e. The van der Waals surface area contributed by atoms with Gasteiger partial charge in [-0.1, -0.05) is 65.4 Å². The summed E-state index contributed by atoms with van der Waals surface area (Å²) in [5.74, 6) is 0.562. The van der Waals surface area contributed by atoms with Crippen LogP contribution < -0.4 is 9.47 Å². The Hall–Kier alpha value is -3.40. The number of nitro benzene ring substituents is 1. The Morgan fingerprint density at radius 3 is 2.42 bits per heavy atom. The van der Waals surface area contributed by atoms with Crippen molar-refractivity contribution in [2.75, 3.05) is 7.11 Å².